The number of methoxy groups -OCH3 is 1. The Morgan fingerprint density at radius 2 is 1.66 bits per heavy atom. The molecule has 1 atom stereocenters. The van der Waals surface area contributed by atoms with E-state index in [1.165, 1.54) is 18.2 Å². The monoisotopic (exact) mass is 419 g/mol. The number of ether oxygens (including phenoxy) is 2. The zero-order chi connectivity index (χ0) is 21.8. The highest BCUT2D eigenvalue weighted by molar-refractivity contribution is 7.90. The van der Waals surface area contributed by atoms with E-state index in [0.29, 0.717) is 17.0 Å². The number of hydrogen-bond donors (Lipinski definition) is 1. The van der Waals surface area contributed by atoms with Crippen LogP contribution in [-0.4, -0.2) is 39.8 Å². The van der Waals surface area contributed by atoms with Crippen LogP contribution in [0.2, 0.25) is 0 Å². The Balaban J connectivity index is 2.21. The third kappa shape index (κ3) is 5.80. The van der Waals surface area contributed by atoms with Gasteiger partial charge in [0.2, 0.25) is 0 Å². The van der Waals surface area contributed by atoms with Crippen LogP contribution in [0.4, 0.5) is 5.69 Å². The topological polar surface area (TPSA) is 98.8 Å². The summed E-state index contributed by atoms with van der Waals surface area (Å²) in [5.74, 6) is -0.876. The first kappa shape index (κ1) is 22.4. The van der Waals surface area contributed by atoms with Crippen molar-refractivity contribution in [3.8, 4) is 5.75 Å². The second kappa shape index (κ2) is 9.09. The Morgan fingerprint density at radius 1 is 1.03 bits per heavy atom. The normalized spacial score (nSPS) is 12.3. The molecule has 0 radical (unpaired) electrons. The number of carbonyl (C=O) groups is 2. The highest BCUT2D eigenvalue weighted by atomic mass is 32.2. The predicted molar refractivity (Wildman–Crippen MR) is 110 cm³/mol. The van der Waals surface area contributed by atoms with Gasteiger partial charge < -0.3 is 14.8 Å². The second-order valence-corrected chi connectivity index (χ2v) is 9.05. The largest absolute Gasteiger partial charge is 0.497 e. The van der Waals surface area contributed by atoms with Gasteiger partial charge in [0.05, 0.1) is 17.6 Å². The van der Waals surface area contributed by atoms with E-state index >= 15 is 0 Å². The molecule has 0 unspecified atom stereocenters. The number of esters is 1. The summed E-state index contributed by atoms with van der Waals surface area (Å²) < 4.78 is 34.1. The summed E-state index contributed by atoms with van der Waals surface area (Å²) in [6.07, 6.45) is 0.0114. The van der Waals surface area contributed by atoms with E-state index in [-0.39, 0.29) is 16.4 Å². The van der Waals surface area contributed by atoms with E-state index in [2.05, 4.69) is 5.32 Å². The molecule has 0 saturated carbocycles. The third-order valence-electron chi connectivity index (χ3n) is 4.31. The predicted octanol–water partition coefficient (Wildman–Crippen LogP) is 3.23. The molecule has 0 aliphatic carbocycles. The fraction of sp³-hybridized carbons (Fsp3) is 0.333. The molecule has 0 saturated heterocycles. The Labute approximate surface area is 170 Å². The first-order valence-corrected chi connectivity index (χ1v) is 10.9. The molecular formula is C21H25NO6S. The standard InChI is InChI=1S/C21H25NO6S/c1-13(2)19(20(23)22-15-7-9-16(27-4)10-8-15)28-21(24)18-12-17(29(5,25)26)11-6-14(18)3/h6-13,19H,1-5H3,(H,22,23)/t19-/m0/s1. The summed E-state index contributed by atoms with van der Waals surface area (Å²) in [6.45, 7) is 5.18. The minimum Gasteiger partial charge on any atom is -0.497 e. The smallest absolute Gasteiger partial charge is 0.339 e. The summed E-state index contributed by atoms with van der Waals surface area (Å²) in [5, 5.41) is 2.71. The Kier molecular flexibility index (Phi) is 7.02. The number of nitrogens with one attached hydrogen (secondary N) is 1. The van der Waals surface area contributed by atoms with Crippen molar-refractivity contribution in [3.05, 3.63) is 53.6 Å². The Morgan fingerprint density at radius 3 is 2.17 bits per heavy atom. The van der Waals surface area contributed by atoms with Gasteiger partial charge >= 0.3 is 5.97 Å². The van der Waals surface area contributed by atoms with Crippen molar-refractivity contribution in [1.82, 2.24) is 0 Å². The van der Waals surface area contributed by atoms with Crippen molar-refractivity contribution in [2.45, 2.75) is 31.8 Å². The summed E-state index contributed by atoms with van der Waals surface area (Å²) in [7, 11) is -1.94. The van der Waals surface area contributed by atoms with E-state index in [1.54, 1.807) is 52.1 Å². The Bertz CT molecular complexity index is 996. The maximum atomic E-state index is 12.7. The molecule has 0 aliphatic heterocycles. The molecule has 2 rings (SSSR count). The lowest BCUT2D eigenvalue weighted by Gasteiger charge is -2.21. The lowest BCUT2D eigenvalue weighted by atomic mass is 10.1. The lowest BCUT2D eigenvalue weighted by Crippen LogP contribution is -2.36. The number of sulfone groups is 1. The zero-order valence-electron chi connectivity index (χ0n) is 17.1. The average molecular weight is 419 g/mol. The lowest BCUT2D eigenvalue weighted by molar-refractivity contribution is -0.126. The maximum Gasteiger partial charge on any atom is 0.339 e. The number of benzene rings is 2. The Hall–Kier alpha value is -2.87. The zero-order valence-corrected chi connectivity index (χ0v) is 17.9. The van der Waals surface area contributed by atoms with Crippen molar-refractivity contribution in [2.75, 3.05) is 18.7 Å². The molecule has 0 heterocycles. The minimum atomic E-state index is -3.48. The summed E-state index contributed by atoms with van der Waals surface area (Å²) >= 11 is 0. The molecule has 0 spiro atoms. The summed E-state index contributed by atoms with van der Waals surface area (Å²) in [4.78, 5) is 25.4. The fourth-order valence-electron chi connectivity index (χ4n) is 2.61. The molecule has 0 aromatic heterocycles. The van der Waals surface area contributed by atoms with Crippen LogP contribution in [0, 0.1) is 12.8 Å². The highest BCUT2D eigenvalue weighted by Crippen LogP contribution is 2.20. The number of hydrogen-bond acceptors (Lipinski definition) is 6. The number of aryl methyl sites for hydroxylation is 1. The van der Waals surface area contributed by atoms with Gasteiger partial charge in [0.15, 0.2) is 15.9 Å². The molecular weight excluding hydrogens is 394 g/mol. The first-order valence-electron chi connectivity index (χ1n) is 8.99. The summed E-state index contributed by atoms with van der Waals surface area (Å²) in [5.41, 5.74) is 1.20. The van der Waals surface area contributed by atoms with Crippen LogP contribution in [0.25, 0.3) is 0 Å². The molecule has 29 heavy (non-hydrogen) atoms. The van der Waals surface area contributed by atoms with Gasteiger partial charge in [0, 0.05) is 11.9 Å². The van der Waals surface area contributed by atoms with E-state index in [4.69, 9.17) is 9.47 Å². The molecule has 0 bridgehead atoms. The van der Waals surface area contributed by atoms with Crippen molar-refractivity contribution >= 4 is 27.4 Å². The SMILES string of the molecule is COc1ccc(NC(=O)[C@@H](OC(=O)c2cc(S(C)(=O)=O)ccc2C)C(C)C)cc1. The van der Waals surface area contributed by atoms with Crippen LogP contribution in [0.1, 0.15) is 29.8 Å². The first-order chi connectivity index (χ1) is 13.5. The van der Waals surface area contributed by atoms with Crippen LogP contribution in [0.3, 0.4) is 0 Å². The molecule has 1 amide bonds. The van der Waals surface area contributed by atoms with Gasteiger partial charge in [-0.3, -0.25) is 4.79 Å². The van der Waals surface area contributed by atoms with Crippen molar-refractivity contribution < 1.29 is 27.5 Å². The van der Waals surface area contributed by atoms with Crippen molar-refractivity contribution in [3.63, 3.8) is 0 Å². The van der Waals surface area contributed by atoms with Crippen molar-refractivity contribution in [2.24, 2.45) is 5.92 Å². The number of rotatable bonds is 7. The maximum absolute atomic E-state index is 12.7. The van der Waals surface area contributed by atoms with E-state index < -0.39 is 27.8 Å². The second-order valence-electron chi connectivity index (χ2n) is 7.04. The molecule has 8 heteroatoms. The quantitative estimate of drug-likeness (QED) is 0.692. The van der Waals surface area contributed by atoms with Gasteiger partial charge in [-0.25, -0.2) is 13.2 Å². The van der Waals surface area contributed by atoms with Crippen LogP contribution >= 0.6 is 0 Å². The van der Waals surface area contributed by atoms with Gasteiger partial charge in [0.25, 0.3) is 5.91 Å². The van der Waals surface area contributed by atoms with Crippen LogP contribution in [-0.2, 0) is 19.4 Å². The number of carbonyl (C=O) groups excluding carboxylic acids is 2. The molecule has 156 valence electrons. The van der Waals surface area contributed by atoms with Crippen LogP contribution in [0.15, 0.2) is 47.4 Å². The third-order valence-corrected chi connectivity index (χ3v) is 5.42. The van der Waals surface area contributed by atoms with Crippen LogP contribution < -0.4 is 10.1 Å². The molecule has 0 aliphatic rings. The van der Waals surface area contributed by atoms with Crippen LogP contribution in [0.5, 0.6) is 5.75 Å². The van der Waals surface area contributed by atoms with Gasteiger partial charge in [-0.2, -0.15) is 0 Å². The average Bonchev–Trinajstić information content (AvgIpc) is 2.65. The summed E-state index contributed by atoms with van der Waals surface area (Å²) in [6, 6.07) is 11.0. The minimum absolute atomic E-state index is 0.0128. The number of anilines is 1. The van der Waals surface area contributed by atoms with E-state index in [0.717, 1.165) is 6.26 Å². The molecule has 0 fully saturated rings. The number of amides is 1. The molecule has 1 N–H and O–H groups in total. The fourth-order valence-corrected chi connectivity index (χ4v) is 3.26. The highest BCUT2D eigenvalue weighted by Gasteiger charge is 2.28. The molecule has 2 aromatic carbocycles. The van der Waals surface area contributed by atoms with Gasteiger partial charge in [-0.05, 0) is 54.8 Å². The molecule has 2 aromatic rings. The van der Waals surface area contributed by atoms with Crippen molar-refractivity contribution in [1.29, 1.82) is 0 Å². The van der Waals surface area contributed by atoms with E-state index in [1.807, 2.05) is 0 Å². The van der Waals surface area contributed by atoms with Gasteiger partial charge in [-0.1, -0.05) is 19.9 Å². The molecule has 7 nitrogen and oxygen atoms in total. The van der Waals surface area contributed by atoms with Gasteiger partial charge in [0.1, 0.15) is 5.75 Å². The van der Waals surface area contributed by atoms with Gasteiger partial charge in [-0.15, -0.1) is 0 Å². The van der Waals surface area contributed by atoms with E-state index in [9.17, 15) is 18.0 Å².